The molecule has 4 aromatic rings. The van der Waals surface area contributed by atoms with Crippen molar-refractivity contribution in [1.82, 2.24) is 34.6 Å². The number of aryl methyl sites for hydroxylation is 2. The highest BCUT2D eigenvalue weighted by atomic mass is 16.2. The van der Waals surface area contributed by atoms with Gasteiger partial charge in [0.15, 0.2) is 5.82 Å². The van der Waals surface area contributed by atoms with Crippen molar-refractivity contribution in [3.8, 4) is 0 Å². The number of aromatic nitrogens is 6. The van der Waals surface area contributed by atoms with Crippen LogP contribution in [0.2, 0.25) is 0 Å². The molecule has 0 spiro atoms. The van der Waals surface area contributed by atoms with Crippen LogP contribution in [0.1, 0.15) is 42.5 Å². The second-order valence-electron chi connectivity index (χ2n) is 10.7. The number of hydrogen-bond donors (Lipinski definition) is 2. The van der Waals surface area contributed by atoms with Gasteiger partial charge in [-0.2, -0.15) is 5.10 Å². The summed E-state index contributed by atoms with van der Waals surface area (Å²) in [4.78, 5) is 35.2. The summed E-state index contributed by atoms with van der Waals surface area (Å²) in [5, 5.41) is 10.9. The zero-order valence-corrected chi connectivity index (χ0v) is 23.4. The molecular weight excluding hydrogens is 480 g/mol. The lowest BCUT2D eigenvalue weighted by Crippen LogP contribution is -2.29. The number of hydrogen-bond acceptors (Lipinski definition) is 9. The van der Waals surface area contributed by atoms with Crippen LogP contribution in [0.4, 0.5) is 23.1 Å². The minimum atomic E-state index is -0.226. The van der Waals surface area contributed by atoms with Crippen molar-refractivity contribution in [1.29, 1.82) is 0 Å². The summed E-state index contributed by atoms with van der Waals surface area (Å²) in [6.07, 6.45) is 3.19. The Hall–Kier alpha value is -4.12. The lowest BCUT2D eigenvalue weighted by molar-refractivity contribution is 0.101. The number of amides is 1. The molecule has 1 aromatic carbocycles. The molecule has 0 aliphatic heterocycles. The number of benzene rings is 1. The summed E-state index contributed by atoms with van der Waals surface area (Å²) >= 11 is 0. The molecule has 11 heteroatoms. The van der Waals surface area contributed by atoms with Crippen molar-refractivity contribution in [3.63, 3.8) is 0 Å². The Kier molecular flexibility index (Phi) is 7.58. The molecule has 2 N–H and O–H groups in total. The van der Waals surface area contributed by atoms with Gasteiger partial charge in [-0.3, -0.25) is 9.48 Å². The number of carbonyl (C=O) groups is 1. The first-order valence-electron chi connectivity index (χ1n) is 12.5. The van der Waals surface area contributed by atoms with Crippen LogP contribution in [0.25, 0.3) is 11.0 Å². The Morgan fingerprint density at radius 2 is 1.82 bits per heavy atom. The Morgan fingerprint density at radius 3 is 2.50 bits per heavy atom. The van der Waals surface area contributed by atoms with Gasteiger partial charge in [-0.25, -0.2) is 19.9 Å². The van der Waals surface area contributed by atoms with Crippen LogP contribution in [-0.4, -0.2) is 74.8 Å². The summed E-state index contributed by atoms with van der Waals surface area (Å²) in [5.41, 5.74) is 4.90. The number of fused-ring (bicyclic) bond motifs is 1. The van der Waals surface area contributed by atoms with Gasteiger partial charge in [-0.1, -0.05) is 26.8 Å². The molecule has 0 radical (unpaired) electrons. The van der Waals surface area contributed by atoms with E-state index in [2.05, 4.69) is 56.4 Å². The van der Waals surface area contributed by atoms with Gasteiger partial charge in [-0.15, -0.1) is 0 Å². The summed E-state index contributed by atoms with van der Waals surface area (Å²) < 4.78 is 1.61. The van der Waals surface area contributed by atoms with E-state index in [0.29, 0.717) is 34.2 Å². The van der Waals surface area contributed by atoms with E-state index in [1.54, 1.807) is 17.9 Å². The number of carbonyl (C=O) groups excluding carboxylic acids is 1. The first-order chi connectivity index (χ1) is 17.9. The predicted octanol–water partition coefficient (Wildman–Crippen LogP) is 3.75. The quantitative estimate of drug-likeness (QED) is 0.361. The van der Waals surface area contributed by atoms with E-state index in [0.717, 1.165) is 30.0 Å². The van der Waals surface area contributed by atoms with Crippen LogP contribution in [0.3, 0.4) is 0 Å². The molecule has 200 valence electrons. The predicted molar refractivity (Wildman–Crippen MR) is 151 cm³/mol. The highest BCUT2D eigenvalue weighted by Gasteiger charge is 2.22. The van der Waals surface area contributed by atoms with Gasteiger partial charge >= 0.3 is 0 Å². The second-order valence-corrected chi connectivity index (χ2v) is 10.7. The minimum absolute atomic E-state index is 0.151. The fraction of sp³-hybridized carbons (Fsp3) is 0.407. The Morgan fingerprint density at radius 1 is 1.05 bits per heavy atom. The smallest absolute Gasteiger partial charge is 0.273 e. The fourth-order valence-electron chi connectivity index (χ4n) is 3.77. The monoisotopic (exact) mass is 516 g/mol. The summed E-state index contributed by atoms with van der Waals surface area (Å²) in [6.45, 7) is 9.86. The SMILES string of the molecule is Cc1ccc(NC(=O)c2cc(C(C)(C)C)nn2C)cc1Nc1ncnc2cnc(N(C)CCN(C)C)nc12. The van der Waals surface area contributed by atoms with E-state index in [-0.39, 0.29) is 11.3 Å². The lowest BCUT2D eigenvalue weighted by Gasteiger charge is -2.20. The van der Waals surface area contributed by atoms with Crippen LogP contribution < -0.4 is 15.5 Å². The highest BCUT2D eigenvalue weighted by molar-refractivity contribution is 6.03. The molecule has 11 nitrogen and oxygen atoms in total. The van der Waals surface area contributed by atoms with E-state index in [1.165, 1.54) is 6.33 Å². The Balaban J connectivity index is 1.59. The number of anilines is 4. The van der Waals surface area contributed by atoms with E-state index in [9.17, 15) is 4.79 Å². The van der Waals surface area contributed by atoms with E-state index >= 15 is 0 Å². The first kappa shape index (κ1) is 26.9. The molecule has 38 heavy (non-hydrogen) atoms. The third-order valence-electron chi connectivity index (χ3n) is 6.22. The molecule has 3 heterocycles. The van der Waals surface area contributed by atoms with E-state index in [4.69, 9.17) is 4.98 Å². The second kappa shape index (κ2) is 10.7. The molecule has 0 aliphatic rings. The standard InChI is InChI=1S/C27H36N10O/c1-17-9-10-18(31-25(38)21-14-22(27(2,3)4)34-37(21)8)13-19(17)32-24-23-20(29-16-30-24)15-28-26(33-23)36(7)12-11-35(5)6/h9-10,13-16H,11-12H2,1-8H3,(H,31,38)(H,29,30,32). The van der Waals surface area contributed by atoms with Crippen molar-refractivity contribution in [3.05, 3.63) is 53.7 Å². The Labute approximate surface area is 223 Å². The zero-order valence-electron chi connectivity index (χ0n) is 23.4. The molecule has 0 fully saturated rings. The third-order valence-corrected chi connectivity index (χ3v) is 6.22. The van der Waals surface area contributed by atoms with Crippen LogP contribution in [0.5, 0.6) is 0 Å². The Bertz CT molecular complexity index is 1450. The molecule has 3 aromatic heterocycles. The van der Waals surface area contributed by atoms with Crippen LogP contribution in [-0.2, 0) is 12.5 Å². The maximum atomic E-state index is 13.1. The van der Waals surface area contributed by atoms with Crippen LogP contribution >= 0.6 is 0 Å². The fourth-order valence-corrected chi connectivity index (χ4v) is 3.77. The summed E-state index contributed by atoms with van der Waals surface area (Å²) in [6, 6.07) is 7.54. The van der Waals surface area contributed by atoms with E-state index in [1.807, 2.05) is 57.2 Å². The normalized spacial score (nSPS) is 11.7. The van der Waals surface area contributed by atoms with Crippen LogP contribution in [0.15, 0.2) is 36.8 Å². The van der Waals surface area contributed by atoms with Crippen molar-refractivity contribution in [2.75, 3.05) is 49.8 Å². The molecule has 0 unspecified atom stereocenters. The van der Waals surface area contributed by atoms with E-state index < -0.39 is 0 Å². The summed E-state index contributed by atoms with van der Waals surface area (Å²) in [5.74, 6) is 0.935. The van der Waals surface area contributed by atoms with Gasteiger partial charge in [-0.05, 0) is 44.8 Å². The molecule has 0 saturated heterocycles. The molecule has 1 amide bonds. The molecule has 0 aliphatic carbocycles. The highest BCUT2D eigenvalue weighted by Crippen LogP contribution is 2.28. The zero-order chi connectivity index (χ0) is 27.6. The molecule has 4 rings (SSSR count). The third kappa shape index (κ3) is 6.05. The van der Waals surface area contributed by atoms with Gasteiger partial charge in [0, 0.05) is 44.0 Å². The average molecular weight is 517 g/mol. The van der Waals surface area contributed by atoms with Gasteiger partial charge < -0.3 is 20.4 Å². The lowest BCUT2D eigenvalue weighted by atomic mass is 9.92. The number of rotatable bonds is 8. The average Bonchev–Trinajstić information content (AvgIpc) is 3.27. The maximum absolute atomic E-state index is 13.1. The van der Waals surface area contributed by atoms with Crippen molar-refractivity contribution in [2.24, 2.45) is 7.05 Å². The number of likely N-dealkylation sites (N-methyl/N-ethyl adjacent to an activating group) is 2. The molecule has 0 bridgehead atoms. The minimum Gasteiger partial charge on any atom is -0.343 e. The van der Waals surface area contributed by atoms with Crippen molar-refractivity contribution < 1.29 is 4.79 Å². The van der Waals surface area contributed by atoms with Gasteiger partial charge in [0.05, 0.1) is 11.9 Å². The van der Waals surface area contributed by atoms with Crippen LogP contribution in [0, 0.1) is 6.92 Å². The molecular formula is C27H36N10O. The van der Waals surface area contributed by atoms with Crippen molar-refractivity contribution in [2.45, 2.75) is 33.1 Å². The first-order valence-corrected chi connectivity index (χ1v) is 12.5. The van der Waals surface area contributed by atoms with Gasteiger partial charge in [0.2, 0.25) is 5.95 Å². The van der Waals surface area contributed by atoms with Gasteiger partial charge in [0.1, 0.15) is 23.1 Å². The molecule has 0 saturated carbocycles. The van der Waals surface area contributed by atoms with Gasteiger partial charge in [0.25, 0.3) is 5.91 Å². The molecule has 0 atom stereocenters. The summed E-state index contributed by atoms with van der Waals surface area (Å²) in [7, 11) is 7.80. The maximum Gasteiger partial charge on any atom is 0.273 e. The number of nitrogens with one attached hydrogen (secondary N) is 2. The number of nitrogens with zero attached hydrogens (tertiary/aromatic N) is 8. The topological polar surface area (TPSA) is 117 Å². The van der Waals surface area contributed by atoms with Crippen molar-refractivity contribution >= 4 is 40.1 Å². The largest absolute Gasteiger partial charge is 0.343 e.